The molecule has 0 bridgehead atoms. The number of anilines is 1. The van der Waals surface area contributed by atoms with Crippen LogP contribution in [0.25, 0.3) is 0 Å². The van der Waals surface area contributed by atoms with Crippen molar-refractivity contribution < 1.29 is 18.7 Å². The summed E-state index contributed by atoms with van der Waals surface area (Å²) in [5.41, 5.74) is -0.00237. The van der Waals surface area contributed by atoms with E-state index in [1.54, 1.807) is 20.8 Å². The first-order valence-corrected chi connectivity index (χ1v) is 6.40. The van der Waals surface area contributed by atoms with Gasteiger partial charge in [0.1, 0.15) is 11.4 Å². The second kappa shape index (κ2) is 6.88. The Hall–Kier alpha value is -2.37. The van der Waals surface area contributed by atoms with Crippen molar-refractivity contribution in [3.05, 3.63) is 42.2 Å². The summed E-state index contributed by atoms with van der Waals surface area (Å²) in [7, 11) is 0. The zero-order valence-corrected chi connectivity index (χ0v) is 12.3. The molecule has 0 aliphatic carbocycles. The molecule has 1 aromatic carbocycles. The molecule has 0 heterocycles. The average molecular weight is 294 g/mol. The van der Waals surface area contributed by atoms with Crippen LogP contribution in [0.5, 0.6) is 0 Å². The first-order chi connectivity index (χ1) is 9.71. The standard InChI is InChI=1S/C15H19FN2O3/c1-5-13(19)18-11-7-6-10(12(16)8-11)9-17-14(20)21-15(2,3)4/h5-8H,1,9H2,2-4H3,(H,17,20)(H,18,19). The van der Waals surface area contributed by atoms with E-state index in [-0.39, 0.29) is 12.1 Å². The fraction of sp³-hybridized carbons (Fsp3) is 0.333. The van der Waals surface area contributed by atoms with E-state index in [0.717, 1.165) is 6.08 Å². The molecule has 0 radical (unpaired) electrons. The van der Waals surface area contributed by atoms with Gasteiger partial charge in [0, 0.05) is 17.8 Å². The molecule has 0 spiro atoms. The normalized spacial score (nSPS) is 10.7. The van der Waals surface area contributed by atoms with Crippen LogP contribution >= 0.6 is 0 Å². The Kier molecular flexibility index (Phi) is 5.46. The molecule has 21 heavy (non-hydrogen) atoms. The Morgan fingerprint density at radius 3 is 2.57 bits per heavy atom. The van der Waals surface area contributed by atoms with E-state index >= 15 is 0 Å². The number of hydrogen-bond donors (Lipinski definition) is 2. The number of halogens is 1. The van der Waals surface area contributed by atoms with Crippen LogP contribution in [-0.2, 0) is 16.1 Å². The lowest BCUT2D eigenvalue weighted by Crippen LogP contribution is -2.32. The van der Waals surface area contributed by atoms with Crippen molar-refractivity contribution in [1.82, 2.24) is 5.32 Å². The van der Waals surface area contributed by atoms with Gasteiger partial charge in [0.25, 0.3) is 0 Å². The lowest BCUT2D eigenvalue weighted by atomic mass is 10.2. The minimum Gasteiger partial charge on any atom is -0.444 e. The van der Waals surface area contributed by atoms with Gasteiger partial charge in [0.15, 0.2) is 0 Å². The Bertz CT molecular complexity index is 550. The molecular weight excluding hydrogens is 275 g/mol. The molecule has 6 heteroatoms. The summed E-state index contributed by atoms with van der Waals surface area (Å²) in [5, 5.41) is 4.91. The van der Waals surface area contributed by atoms with Gasteiger partial charge in [-0.1, -0.05) is 12.6 Å². The molecule has 0 saturated heterocycles. The zero-order chi connectivity index (χ0) is 16.0. The summed E-state index contributed by atoms with van der Waals surface area (Å²) in [4.78, 5) is 22.6. The number of hydrogen-bond acceptors (Lipinski definition) is 3. The predicted octanol–water partition coefficient (Wildman–Crippen LogP) is 2.97. The molecule has 0 fully saturated rings. The smallest absolute Gasteiger partial charge is 0.407 e. The number of benzene rings is 1. The van der Waals surface area contributed by atoms with Crippen molar-refractivity contribution in [1.29, 1.82) is 0 Å². The first kappa shape index (κ1) is 16.7. The van der Waals surface area contributed by atoms with Gasteiger partial charge in [-0.25, -0.2) is 9.18 Å². The molecule has 0 aliphatic heterocycles. The molecular formula is C15H19FN2O3. The number of amides is 2. The van der Waals surface area contributed by atoms with Crippen molar-refractivity contribution in [2.24, 2.45) is 0 Å². The fourth-order valence-corrected chi connectivity index (χ4v) is 1.44. The monoisotopic (exact) mass is 294 g/mol. The number of rotatable bonds is 4. The van der Waals surface area contributed by atoms with Crippen LogP contribution in [0.2, 0.25) is 0 Å². The van der Waals surface area contributed by atoms with Crippen molar-refractivity contribution >= 4 is 17.7 Å². The highest BCUT2D eigenvalue weighted by atomic mass is 19.1. The molecule has 1 aromatic rings. The second-order valence-electron chi connectivity index (χ2n) is 5.36. The third kappa shape index (κ3) is 6.07. The summed E-state index contributed by atoms with van der Waals surface area (Å²) in [6, 6.07) is 4.19. The number of alkyl carbamates (subject to hydrolysis) is 1. The van der Waals surface area contributed by atoms with Crippen molar-refractivity contribution in [2.75, 3.05) is 5.32 Å². The second-order valence-corrected chi connectivity index (χ2v) is 5.36. The van der Waals surface area contributed by atoms with E-state index in [9.17, 15) is 14.0 Å². The molecule has 5 nitrogen and oxygen atoms in total. The quantitative estimate of drug-likeness (QED) is 0.839. The van der Waals surface area contributed by atoms with Gasteiger partial charge >= 0.3 is 6.09 Å². The summed E-state index contributed by atoms with van der Waals surface area (Å²) < 4.78 is 18.9. The van der Waals surface area contributed by atoms with E-state index in [1.807, 2.05) is 0 Å². The highest BCUT2D eigenvalue weighted by Crippen LogP contribution is 2.15. The SMILES string of the molecule is C=CC(=O)Nc1ccc(CNC(=O)OC(C)(C)C)c(F)c1. The molecule has 2 N–H and O–H groups in total. The summed E-state index contributed by atoms with van der Waals surface area (Å²) in [5.74, 6) is -0.957. The molecule has 0 saturated carbocycles. The van der Waals surface area contributed by atoms with E-state index in [0.29, 0.717) is 5.69 Å². The van der Waals surface area contributed by atoms with Crippen LogP contribution in [0.1, 0.15) is 26.3 Å². The maximum Gasteiger partial charge on any atom is 0.407 e. The van der Waals surface area contributed by atoms with Gasteiger partial charge in [0.2, 0.25) is 5.91 Å². The number of ether oxygens (including phenoxy) is 1. The highest BCUT2D eigenvalue weighted by Gasteiger charge is 2.16. The van der Waals surface area contributed by atoms with Crippen molar-refractivity contribution in [3.63, 3.8) is 0 Å². The third-order valence-corrected chi connectivity index (χ3v) is 2.33. The van der Waals surface area contributed by atoms with E-state index in [4.69, 9.17) is 4.74 Å². The van der Waals surface area contributed by atoms with E-state index in [1.165, 1.54) is 18.2 Å². The van der Waals surface area contributed by atoms with E-state index in [2.05, 4.69) is 17.2 Å². The lowest BCUT2D eigenvalue weighted by molar-refractivity contribution is -0.111. The van der Waals surface area contributed by atoms with Crippen LogP contribution in [0, 0.1) is 5.82 Å². The van der Waals surface area contributed by atoms with Gasteiger partial charge in [0.05, 0.1) is 0 Å². The maximum absolute atomic E-state index is 13.8. The molecule has 0 aromatic heterocycles. The largest absolute Gasteiger partial charge is 0.444 e. The molecule has 0 atom stereocenters. The van der Waals surface area contributed by atoms with Crippen LogP contribution in [0.15, 0.2) is 30.9 Å². The van der Waals surface area contributed by atoms with Crippen LogP contribution in [0.4, 0.5) is 14.9 Å². The maximum atomic E-state index is 13.8. The fourth-order valence-electron chi connectivity index (χ4n) is 1.44. The number of nitrogens with one attached hydrogen (secondary N) is 2. The van der Waals surface area contributed by atoms with Crippen LogP contribution in [0.3, 0.4) is 0 Å². The van der Waals surface area contributed by atoms with Crippen LogP contribution in [-0.4, -0.2) is 17.6 Å². The Balaban J connectivity index is 2.63. The average Bonchev–Trinajstić information content (AvgIpc) is 2.35. The van der Waals surface area contributed by atoms with Crippen molar-refractivity contribution in [2.45, 2.75) is 32.9 Å². The predicted molar refractivity (Wildman–Crippen MR) is 78.3 cm³/mol. The highest BCUT2D eigenvalue weighted by molar-refractivity contribution is 5.98. The topological polar surface area (TPSA) is 67.4 Å². The van der Waals surface area contributed by atoms with Gasteiger partial charge < -0.3 is 15.4 Å². The third-order valence-electron chi connectivity index (χ3n) is 2.33. The van der Waals surface area contributed by atoms with Crippen molar-refractivity contribution in [3.8, 4) is 0 Å². The Labute approximate surface area is 123 Å². The summed E-state index contributed by atoms with van der Waals surface area (Å²) in [6.45, 7) is 8.52. The number of carbonyl (C=O) groups excluding carboxylic acids is 2. The van der Waals surface area contributed by atoms with Gasteiger partial charge in [-0.2, -0.15) is 0 Å². The minimum atomic E-state index is -0.620. The number of carbonyl (C=O) groups is 2. The molecule has 0 aliphatic rings. The van der Waals surface area contributed by atoms with Crippen LogP contribution < -0.4 is 10.6 Å². The minimum absolute atomic E-state index is 0.00354. The lowest BCUT2D eigenvalue weighted by Gasteiger charge is -2.19. The Morgan fingerprint density at radius 1 is 1.38 bits per heavy atom. The van der Waals surface area contributed by atoms with E-state index < -0.39 is 23.4 Å². The molecule has 1 rings (SSSR count). The zero-order valence-electron chi connectivity index (χ0n) is 12.3. The first-order valence-electron chi connectivity index (χ1n) is 6.40. The molecule has 114 valence electrons. The summed E-state index contributed by atoms with van der Waals surface area (Å²) in [6.07, 6.45) is 0.474. The summed E-state index contributed by atoms with van der Waals surface area (Å²) >= 11 is 0. The van der Waals surface area contributed by atoms with Gasteiger partial charge in [-0.05, 0) is 39.0 Å². The van der Waals surface area contributed by atoms with Gasteiger partial charge in [-0.3, -0.25) is 4.79 Å². The molecule has 0 unspecified atom stereocenters. The van der Waals surface area contributed by atoms with Gasteiger partial charge in [-0.15, -0.1) is 0 Å². The Morgan fingerprint density at radius 2 is 2.05 bits per heavy atom. The molecule has 2 amide bonds.